The van der Waals surface area contributed by atoms with Crippen LogP contribution in [0.5, 0.6) is 0 Å². The zero-order valence-corrected chi connectivity index (χ0v) is 23.6. The summed E-state index contributed by atoms with van der Waals surface area (Å²) in [4.78, 5) is 37.6. The van der Waals surface area contributed by atoms with Crippen LogP contribution in [0.25, 0.3) is 22.2 Å². The van der Waals surface area contributed by atoms with Gasteiger partial charge in [0.25, 0.3) is 5.91 Å². The predicted octanol–water partition coefficient (Wildman–Crippen LogP) is 4.50. The molecule has 0 aliphatic carbocycles. The fraction of sp³-hybridized carbons (Fsp3) is 0.500. The summed E-state index contributed by atoms with van der Waals surface area (Å²) in [5, 5.41) is 11.5. The molecule has 0 spiro atoms. The molecule has 0 saturated carbocycles. The summed E-state index contributed by atoms with van der Waals surface area (Å²) in [6, 6.07) is 6.01. The van der Waals surface area contributed by atoms with Gasteiger partial charge < -0.3 is 24.5 Å². The lowest BCUT2D eigenvalue weighted by Crippen LogP contribution is -2.48. The summed E-state index contributed by atoms with van der Waals surface area (Å²) in [6.07, 6.45) is 4.06. The second-order valence-corrected chi connectivity index (χ2v) is 12.1. The minimum atomic E-state index is -1.47. The number of ether oxygens (including phenoxy) is 2. The van der Waals surface area contributed by atoms with Crippen LogP contribution >= 0.6 is 0 Å². The highest BCUT2D eigenvalue weighted by Crippen LogP contribution is 2.37. The van der Waals surface area contributed by atoms with E-state index >= 15 is 0 Å². The van der Waals surface area contributed by atoms with E-state index < -0.39 is 11.2 Å². The number of rotatable bonds is 3. The van der Waals surface area contributed by atoms with Crippen molar-refractivity contribution in [2.75, 3.05) is 26.3 Å². The van der Waals surface area contributed by atoms with E-state index in [9.17, 15) is 14.7 Å². The van der Waals surface area contributed by atoms with Gasteiger partial charge in [-0.2, -0.15) is 0 Å². The molecule has 2 aliphatic heterocycles. The Kier molecular flexibility index (Phi) is 6.93. The number of aryl methyl sites for hydroxylation is 1. The molecule has 9 heteroatoms. The monoisotopic (exact) mass is 534 g/mol. The van der Waals surface area contributed by atoms with Crippen LogP contribution in [0.3, 0.4) is 0 Å². The van der Waals surface area contributed by atoms with Gasteiger partial charge in [-0.25, -0.2) is 9.78 Å². The average Bonchev–Trinajstić information content (AvgIpc) is 3.25. The minimum absolute atomic E-state index is 0.315. The van der Waals surface area contributed by atoms with Gasteiger partial charge in [-0.1, -0.05) is 6.07 Å². The van der Waals surface area contributed by atoms with Crippen molar-refractivity contribution in [1.82, 2.24) is 19.8 Å². The summed E-state index contributed by atoms with van der Waals surface area (Å²) in [5.74, 6) is -0.315. The smallest absolute Gasteiger partial charge is 0.410 e. The van der Waals surface area contributed by atoms with Crippen LogP contribution in [-0.4, -0.2) is 74.4 Å². The number of fused-ring (bicyclic) bond motifs is 2. The second-order valence-electron chi connectivity index (χ2n) is 12.1. The maximum Gasteiger partial charge on any atom is 0.410 e. The highest BCUT2D eigenvalue weighted by molar-refractivity contribution is 5.86. The molecule has 3 aromatic rings. The SMILES string of the molecule is Cc1c[nH]c2ncc(-c3cc4c(c([C@@H]5COCCN5C(=O)OC(C)(C)C)c3)CN(C(=O)C(C)(C)O)CC4)cc12. The van der Waals surface area contributed by atoms with Crippen molar-refractivity contribution >= 4 is 23.0 Å². The lowest BCUT2D eigenvalue weighted by molar-refractivity contribution is -0.148. The normalized spacial score (nSPS) is 18.3. The van der Waals surface area contributed by atoms with E-state index in [-0.39, 0.29) is 18.0 Å². The van der Waals surface area contributed by atoms with Crippen molar-refractivity contribution in [3.63, 3.8) is 0 Å². The average molecular weight is 535 g/mol. The van der Waals surface area contributed by atoms with Crippen molar-refractivity contribution < 1.29 is 24.2 Å². The molecule has 1 saturated heterocycles. The van der Waals surface area contributed by atoms with Gasteiger partial charge in [-0.05, 0) is 87.9 Å². The largest absolute Gasteiger partial charge is 0.444 e. The van der Waals surface area contributed by atoms with E-state index in [0.717, 1.165) is 44.4 Å². The third kappa shape index (κ3) is 5.51. The zero-order valence-electron chi connectivity index (χ0n) is 23.6. The molecule has 39 heavy (non-hydrogen) atoms. The molecule has 1 atom stereocenters. The van der Waals surface area contributed by atoms with Gasteiger partial charge in [0.2, 0.25) is 0 Å². The molecule has 2 aliphatic rings. The summed E-state index contributed by atoms with van der Waals surface area (Å²) in [7, 11) is 0. The van der Waals surface area contributed by atoms with Crippen molar-refractivity contribution in [2.24, 2.45) is 0 Å². The van der Waals surface area contributed by atoms with Crippen LogP contribution in [0.1, 0.15) is 62.9 Å². The molecule has 1 fully saturated rings. The maximum absolute atomic E-state index is 13.3. The van der Waals surface area contributed by atoms with E-state index in [1.165, 1.54) is 13.8 Å². The first kappa shape index (κ1) is 27.1. The van der Waals surface area contributed by atoms with Crippen molar-refractivity contribution in [3.8, 4) is 11.1 Å². The molecule has 9 nitrogen and oxygen atoms in total. The number of nitrogens with one attached hydrogen (secondary N) is 1. The predicted molar refractivity (Wildman–Crippen MR) is 148 cm³/mol. The summed E-state index contributed by atoms with van der Waals surface area (Å²) in [5.41, 5.74) is 4.85. The van der Waals surface area contributed by atoms with E-state index in [4.69, 9.17) is 9.47 Å². The molecule has 0 unspecified atom stereocenters. The minimum Gasteiger partial charge on any atom is -0.444 e. The van der Waals surface area contributed by atoms with E-state index in [1.807, 2.05) is 33.2 Å². The number of carbonyl (C=O) groups excluding carboxylic acids is 2. The number of benzene rings is 1. The molecule has 1 aromatic carbocycles. The van der Waals surface area contributed by atoms with Crippen LogP contribution in [0, 0.1) is 6.92 Å². The van der Waals surface area contributed by atoms with Gasteiger partial charge in [-0.3, -0.25) is 9.69 Å². The van der Waals surface area contributed by atoms with Gasteiger partial charge in [0, 0.05) is 43.0 Å². The highest BCUT2D eigenvalue weighted by atomic mass is 16.6. The Morgan fingerprint density at radius 1 is 1.13 bits per heavy atom. The number of aromatic amines is 1. The lowest BCUT2D eigenvalue weighted by Gasteiger charge is -2.40. The lowest BCUT2D eigenvalue weighted by atomic mass is 9.86. The summed E-state index contributed by atoms with van der Waals surface area (Å²) in [6.45, 7) is 12.6. The highest BCUT2D eigenvalue weighted by Gasteiger charge is 2.37. The molecular weight excluding hydrogens is 496 g/mol. The molecule has 0 bridgehead atoms. The molecule has 208 valence electrons. The molecular formula is C30H38N4O5. The number of hydrogen-bond donors (Lipinski definition) is 2. The van der Waals surface area contributed by atoms with Crippen LogP contribution < -0.4 is 0 Å². The number of hydrogen-bond acceptors (Lipinski definition) is 6. The molecule has 2 amide bonds. The van der Waals surface area contributed by atoms with Crippen molar-refractivity contribution in [1.29, 1.82) is 0 Å². The van der Waals surface area contributed by atoms with Gasteiger partial charge in [0.15, 0.2) is 0 Å². The molecule has 4 heterocycles. The zero-order chi connectivity index (χ0) is 28.1. The van der Waals surface area contributed by atoms with Crippen molar-refractivity contribution in [3.05, 3.63) is 52.8 Å². The van der Waals surface area contributed by atoms with Crippen LogP contribution in [0.15, 0.2) is 30.6 Å². The van der Waals surface area contributed by atoms with E-state index in [2.05, 4.69) is 35.1 Å². The number of morpholine rings is 1. The third-order valence-electron chi connectivity index (χ3n) is 7.37. The number of H-pyrrole nitrogens is 1. The van der Waals surface area contributed by atoms with Gasteiger partial charge in [-0.15, -0.1) is 0 Å². The number of nitrogens with zero attached hydrogens (tertiary/aromatic N) is 3. The molecule has 0 radical (unpaired) electrons. The topological polar surface area (TPSA) is 108 Å². The number of aromatic nitrogens is 2. The summed E-state index contributed by atoms with van der Waals surface area (Å²) < 4.78 is 11.7. The Morgan fingerprint density at radius 2 is 1.90 bits per heavy atom. The standard InChI is InChI=1S/C30H38N4O5/c1-18-14-31-26-22(18)13-21(15-32-26)20-11-19-7-8-33(27(35)30(5,6)37)16-24(19)23(12-20)25-17-38-10-9-34(25)28(36)39-29(2,3)4/h11-15,25,37H,7-10,16-17H2,1-6H3,(H,31,32)/t25-/m0/s1. The third-order valence-corrected chi connectivity index (χ3v) is 7.37. The first-order valence-electron chi connectivity index (χ1n) is 13.5. The molecule has 2 aromatic heterocycles. The van der Waals surface area contributed by atoms with Gasteiger partial charge in [0.1, 0.15) is 16.8 Å². The maximum atomic E-state index is 13.3. The van der Waals surface area contributed by atoms with Crippen LogP contribution in [0.4, 0.5) is 4.79 Å². The number of aliphatic hydroxyl groups is 1. The fourth-order valence-corrected chi connectivity index (χ4v) is 5.42. The quantitative estimate of drug-likeness (QED) is 0.512. The van der Waals surface area contributed by atoms with Gasteiger partial charge >= 0.3 is 6.09 Å². The Labute approximate surface area is 229 Å². The first-order valence-corrected chi connectivity index (χ1v) is 13.5. The first-order chi connectivity index (χ1) is 18.3. The molecule has 5 rings (SSSR count). The van der Waals surface area contributed by atoms with Crippen LogP contribution in [-0.2, 0) is 27.2 Å². The van der Waals surface area contributed by atoms with Crippen LogP contribution in [0.2, 0.25) is 0 Å². The fourth-order valence-electron chi connectivity index (χ4n) is 5.42. The molecule has 2 N–H and O–H groups in total. The Morgan fingerprint density at radius 3 is 2.62 bits per heavy atom. The van der Waals surface area contributed by atoms with Gasteiger partial charge in [0.05, 0.1) is 19.3 Å². The number of carbonyl (C=O) groups is 2. The Hall–Kier alpha value is -3.43. The van der Waals surface area contributed by atoms with E-state index in [0.29, 0.717) is 39.3 Å². The Balaban J connectivity index is 1.62. The second kappa shape index (κ2) is 9.95. The summed E-state index contributed by atoms with van der Waals surface area (Å²) >= 11 is 0. The van der Waals surface area contributed by atoms with E-state index in [1.54, 1.807) is 9.80 Å². The number of amides is 2. The Bertz CT molecular complexity index is 1420. The van der Waals surface area contributed by atoms with Crippen molar-refractivity contribution in [2.45, 2.75) is 71.8 Å². The number of pyridine rings is 1.